The first-order chi connectivity index (χ1) is 9.13. The molecule has 0 atom stereocenters. The number of thiophene rings is 1. The molecular weight excluding hydrogens is 350 g/mol. The molecule has 0 saturated carbocycles. The highest BCUT2D eigenvalue weighted by Crippen LogP contribution is 2.32. The summed E-state index contributed by atoms with van der Waals surface area (Å²) in [6.07, 6.45) is 0. The summed E-state index contributed by atoms with van der Waals surface area (Å²) in [4.78, 5) is 5.27. The zero-order valence-electron chi connectivity index (χ0n) is 9.43. The average molecular weight is 357 g/mol. The van der Waals surface area contributed by atoms with Gasteiger partial charge in [-0.2, -0.15) is 4.98 Å². The Kier molecular flexibility index (Phi) is 3.30. The Balaban J connectivity index is 2.01. The van der Waals surface area contributed by atoms with Gasteiger partial charge in [-0.1, -0.05) is 16.8 Å². The van der Waals surface area contributed by atoms with Crippen molar-refractivity contribution in [2.75, 3.05) is 5.73 Å². The molecular formula is C12H7BrClN3OS. The minimum atomic E-state index is 0.379. The van der Waals surface area contributed by atoms with Crippen LogP contribution in [-0.2, 0) is 0 Å². The number of nitrogens with zero attached hydrogens (tertiary/aromatic N) is 2. The monoisotopic (exact) mass is 355 g/mol. The number of hydrogen-bond donors (Lipinski definition) is 1. The fourth-order valence-corrected chi connectivity index (χ4v) is 3.19. The van der Waals surface area contributed by atoms with Crippen LogP contribution in [0.2, 0.25) is 5.02 Å². The predicted octanol–water partition coefficient (Wildman–Crippen LogP) is 4.46. The second-order valence-electron chi connectivity index (χ2n) is 3.79. The molecule has 1 aromatic carbocycles. The molecule has 3 rings (SSSR count). The van der Waals surface area contributed by atoms with Gasteiger partial charge in [-0.05, 0) is 40.2 Å². The average Bonchev–Trinajstić information content (AvgIpc) is 2.97. The first-order valence-electron chi connectivity index (χ1n) is 5.27. The van der Waals surface area contributed by atoms with E-state index in [2.05, 4.69) is 26.1 Å². The maximum atomic E-state index is 6.11. The summed E-state index contributed by atoms with van der Waals surface area (Å²) in [5, 5.41) is 6.40. The van der Waals surface area contributed by atoms with Crippen molar-refractivity contribution in [3.63, 3.8) is 0 Å². The fourth-order valence-electron chi connectivity index (χ4n) is 1.57. The Morgan fingerprint density at radius 2 is 2.16 bits per heavy atom. The minimum Gasteiger partial charge on any atom is -0.399 e. The van der Waals surface area contributed by atoms with Crippen molar-refractivity contribution in [2.45, 2.75) is 0 Å². The lowest BCUT2D eigenvalue weighted by molar-refractivity contribution is 0.432. The Bertz CT molecular complexity index is 740. The third-order valence-electron chi connectivity index (χ3n) is 2.44. The molecule has 2 heterocycles. The van der Waals surface area contributed by atoms with Crippen molar-refractivity contribution in [1.29, 1.82) is 0 Å². The first kappa shape index (κ1) is 12.7. The van der Waals surface area contributed by atoms with E-state index in [1.165, 1.54) is 11.3 Å². The summed E-state index contributed by atoms with van der Waals surface area (Å²) >= 11 is 11.0. The van der Waals surface area contributed by atoms with Gasteiger partial charge in [0.25, 0.3) is 5.89 Å². The lowest BCUT2D eigenvalue weighted by Crippen LogP contribution is -1.86. The molecule has 19 heavy (non-hydrogen) atoms. The Hall–Kier alpha value is -1.37. The van der Waals surface area contributed by atoms with Crippen LogP contribution in [0.25, 0.3) is 22.2 Å². The summed E-state index contributed by atoms with van der Waals surface area (Å²) in [5.74, 6) is 0.920. The third-order valence-corrected chi connectivity index (χ3v) is 4.44. The van der Waals surface area contributed by atoms with E-state index in [0.717, 1.165) is 9.35 Å². The highest BCUT2D eigenvalue weighted by molar-refractivity contribution is 9.10. The molecule has 0 spiro atoms. The lowest BCUT2D eigenvalue weighted by Gasteiger charge is -1.99. The van der Waals surface area contributed by atoms with Crippen LogP contribution in [0.15, 0.2) is 38.6 Å². The molecule has 0 fully saturated rings. The number of nitrogen functional groups attached to an aromatic ring is 1. The van der Waals surface area contributed by atoms with Crippen molar-refractivity contribution in [2.24, 2.45) is 0 Å². The molecule has 0 bridgehead atoms. The van der Waals surface area contributed by atoms with Gasteiger partial charge in [-0.25, -0.2) is 0 Å². The minimum absolute atomic E-state index is 0.379. The molecule has 2 N–H and O–H groups in total. The molecule has 0 aliphatic carbocycles. The van der Waals surface area contributed by atoms with Gasteiger partial charge in [0.2, 0.25) is 5.82 Å². The highest BCUT2D eigenvalue weighted by atomic mass is 79.9. The van der Waals surface area contributed by atoms with Crippen LogP contribution >= 0.6 is 38.9 Å². The summed E-state index contributed by atoms with van der Waals surface area (Å²) in [7, 11) is 0. The molecule has 0 saturated heterocycles. The summed E-state index contributed by atoms with van der Waals surface area (Å²) < 4.78 is 6.23. The zero-order chi connectivity index (χ0) is 13.4. The van der Waals surface area contributed by atoms with Crippen LogP contribution in [-0.4, -0.2) is 10.1 Å². The van der Waals surface area contributed by atoms with Crippen molar-refractivity contribution in [1.82, 2.24) is 10.1 Å². The normalized spacial score (nSPS) is 10.8. The summed E-state index contributed by atoms with van der Waals surface area (Å²) in [6, 6.07) is 7.10. The van der Waals surface area contributed by atoms with E-state index in [4.69, 9.17) is 21.9 Å². The van der Waals surface area contributed by atoms with E-state index < -0.39 is 0 Å². The molecule has 96 valence electrons. The van der Waals surface area contributed by atoms with Gasteiger partial charge >= 0.3 is 0 Å². The first-order valence-corrected chi connectivity index (χ1v) is 7.32. The Labute approximate surface area is 126 Å². The number of benzene rings is 1. The molecule has 0 unspecified atom stereocenters. The Morgan fingerprint density at radius 3 is 2.84 bits per heavy atom. The van der Waals surface area contributed by atoms with Gasteiger partial charge in [-0.15, -0.1) is 11.3 Å². The molecule has 0 amide bonds. The smallest absolute Gasteiger partial charge is 0.259 e. The van der Waals surface area contributed by atoms with Crippen molar-refractivity contribution < 1.29 is 4.52 Å². The van der Waals surface area contributed by atoms with Crippen LogP contribution in [0.4, 0.5) is 5.69 Å². The second-order valence-corrected chi connectivity index (χ2v) is 6.03. The van der Waals surface area contributed by atoms with E-state index in [9.17, 15) is 0 Å². The number of halogens is 2. The van der Waals surface area contributed by atoms with Crippen LogP contribution < -0.4 is 5.73 Å². The maximum Gasteiger partial charge on any atom is 0.259 e. The van der Waals surface area contributed by atoms with E-state index in [1.807, 2.05) is 11.4 Å². The van der Waals surface area contributed by atoms with Gasteiger partial charge in [0.15, 0.2) is 0 Å². The van der Waals surface area contributed by atoms with Gasteiger partial charge in [0.1, 0.15) is 0 Å². The molecule has 0 aliphatic heterocycles. The quantitative estimate of drug-likeness (QED) is 0.688. The highest BCUT2D eigenvalue weighted by Gasteiger charge is 2.14. The summed E-state index contributed by atoms with van der Waals surface area (Å²) in [5.41, 5.74) is 6.91. The van der Waals surface area contributed by atoms with E-state index in [1.54, 1.807) is 18.2 Å². The van der Waals surface area contributed by atoms with Crippen LogP contribution in [0.3, 0.4) is 0 Å². The molecule has 4 nitrogen and oxygen atoms in total. The van der Waals surface area contributed by atoms with Gasteiger partial charge in [-0.3, -0.25) is 0 Å². The van der Waals surface area contributed by atoms with Gasteiger partial charge in [0, 0.05) is 15.5 Å². The SMILES string of the molecule is Nc1ccc(-c2nc(-c3cc(Br)cs3)no2)c(Cl)c1. The van der Waals surface area contributed by atoms with E-state index in [-0.39, 0.29) is 0 Å². The van der Waals surface area contributed by atoms with Crippen molar-refractivity contribution in [3.8, 4) is 22.2 Å². The van der Waals surface area contributed by atoms with Crippen LogP contribution in [0, 0.1) is 0 Å². The van der Waals surface area contributed by atoms with Gasteiger partial charge in [0.05, 0.1) is 15.5 Å². The molecule has 0 radical (unpaired) electrons. The van der Waals surface area contributed by atoms with Crippen LogP contribution in [0.5, 0.6) is 0 Å². The number of aromatic nitrogens is 2. The third kappa shape index (κ3) is 2.51. The van der Waals surface area contributed by atoms with Crippen molar-refractivity contribution in [3.05, 3.63) is 39.1 Å². The number of anilines is 1. The fraction of sp³-hybridized carbons (Fsp3) is 0. The lowest BCUT2D eigenvalue weighted by atomic mass is 10.2. The molecule has 0 aliphatic rings. The number of rotatable bonds is 2. The molecule has 3 aromatic rings. The molecule has 2 aromatic heterocycles. The standard InChI is InChI=1S/C12H7BrClN3OS/c13-6-3-10(19-5-6)11-16-12(18-17-11)8-2-1-7(15)4-9(8)14/h1-5H,15H2. The zero-order valence-corrected chi connectivity index (χ0v) is 12.6. The summed E-state index contributed by atoms with van der Waals surface area (Å²) in [6.45, 7) is 0. The largest absolute Gasteiger partial charge is 0.399 e. The van der Waals surface area contributed by atoms with Gasteiger partial charge < -0.3 is 10.3 Å². The number of hydrogen-bond acceptors (Lipinski definition) is 5. The second kappa shape index (κ2) is 4.96. The van der Waals surface area contributed by atoms with Crippen LogP contribution in [0.1, 0.15) is 0 Å². The predicted molar refractivity (Wildman–Crippen MR) is 80.2 cm³/mol. The topological polar surface area (TPSA) is 64.9 Å². The van der Waals surface area contributed by atoms with E-state index in [0.29, 0.717) is 28.0 Å². The maximum absolute atomic E-state index is 6.11. The Morgan fingerprint density at radius 1 is 1.32 bits per heavy atom. The number of nitrogens with two attached hydrogens (primary N) is 1. The molecule has 7 heteroatoms. The van der Waals surface area contributed by atoms with Crippen molar-refractivity contribution >= 4 is 44.6 Å². The van der Waals surface area contributed by atoms with E-state index >= 15 is 0 Å².